The molecule has 4 aromatic heterocycles. The van der Waals surface area contributed by atoms with Gasteiger partial charge in [-0.3, -0.25) is 14.3 Å². The molecule has 176 valence electrons. The molecular formula is C27H22N8O. The lowest BCUT2D eigenvalue weighted by Crippen LogP contribution is -2.26. The molecule has 0 radical (unpaired) electrons. The van der Waals surface area contributed by atoms with E-state index in [4.69, 9.17) is 5.73 Å². The monoisotopic (exact) mass is 474 g/mol. The quantitative estimate of drug-likeness (QED) is 0.336. The standard InChI is InChI=1S/C27H22N8O/c1-16(32-25-23-24(31-15-30-23)33-27(28)34-25)21-13-17-7-5-11-20(18-8-6-12-29-14-18)22(17)26(36)35(21)19-9-3-2-4-10-19/h2-16H,1H3,(H4,28,30,31,32,33,34)/t16-/m0/s1. The van der Waals surface area contributed by atoms with Crippen LogP contribution in [0, 0.1) is 0 Å². The topological polar surface area (TPSA) is 127 Å². The lowest BCUT2D eigenvalue weighted by atomic mass is 9.99. The third-order valence-electron chi connectivity index (χ3n) is 6.16. The number of imidazole rings is 1. The summed E-state index contributed by atoms with van der Waals surface area (Å²) in [7, 11) is 0. The van der Waals surface area contributed by atoms with Crippen molar-refractivity contribution in [2.75, 3.05) is 11.1 Å². The number of rotatable bonds is 5. The number of benzene rings is 2. The molecule has 6 rings (SSSR count). The van der Waals surface area contributed by atoms with Crippen LogP contribution >= 0.6 is 0 Å². The van der Waals surface area contributed by atoms with Gasteiger partial charge >= 0.3 is 0 Å². The molecule has 1 atom stereocenters. The molecule has 9 nitrogen and oxygen atoms in total. The largest absolute Gasteiger partial charge is 0.368 e. The first-order valence-corrected chi connectivity index (χ1v) is 11.5. The number of fused-ring (bicyclic) bond motifs is 2. The van der Waals surface area contributed by atoms with Crippen LogP contribution in [0.25, 0.3) is 38.8 Å². The number of pyridine rings is 2. The second-order valence-corrected chi connectivity index (χ2v) is 8.45. The van der Waals surface area contributed by atoms with E-state index in [1.54, 1.807) is 23.3 Å². The summed E-state index contributed by atoms with van der Waals surface area (Å²) in [5.41, 5.74) is 10.2. The van der Waals surface area contributed by atoms with Crippen molar-refractivity contribution in [3.05, 3.63) is 101 Å². The van der Waals surface area contributed by atoms with Gasteiger partial charge in [-0.25, -0.2) is 4.98 Å². The molecule has 9 heteroatoms. The molecule has 2 aromatic carbocycles. The first kappa shape index (κ1) is 21.5. The fraction of sp³-hybridized carbons (Fsp3) is 0.0741. The van der Waals surface area contributed by atoms with Crippen molar-refractivity contribution in [2.24, 2.45) is 0 Å². The van der Waals surface area contributed by atoms with Crippen LogP contribution in [0.4, 0.5) is 11.8 Å². The van der Waals surface area contributed by atoms with Crippen molar-refractivity contribution < 1.29 is 0 Å². The highest BCUT2D eigenvalue weighted by Crippen LogP contribution is 2.30. The summed E-state index contributed by atoms with van der Waals surface area (Å²) in [6.45, 7) is 1.97. The van der Waals surface area contributed by atoms with Crippen LogP contribution in [0.15, 0.2) is 90.2 Å². The predicted octanol–water partition coefficient (Wildman–Crippen LogP) is 4.47. The lowest BCUT2D eigenvalue weighted by molar-refractivity contribution is 0.774. The Labute approximate surface area is 205 Å². The van der Waals surface area contributed by atoms with Crippen LogP contribution in [0.3, 0.4) is 0 Å². The Morgan fingerprint density at radius 3 is 2.69 bits per heavy atom. The molecule has 0 aliphatic heterocycles. The number of H-pyrrole nitrogens is 1. The highest BCUT2D eigenvalue weighted by molar-refractivity contribution is 5.96. The van der Waals surface area contributed by atoms with E-state index >= 15 is 0 Å². The minimum absolute atomic E-state index is 0.117. The maximum atomic E-state index is 14.2. The molecule has 0 amide bonds. The maximum absolute atomic E-state index is 14.2. The summed E-state index contributed by atoms with van der Waals surface area (Å²) in [5, 5.41) is 4.86. The average molecular weight is 475 g/mol. The Kier molecular flexibility index (Phi) is 5.15. The van der Waals surface area contributed by atoms with Gasteiger partial charge in [-0.15, -0.1) is 0 Å². The van der Waals surface area contributed by atoms with Crippen molar-refractivity contribution in [3.8, 4) is 16.8 Å². The first-order chi connectivity index (χ1) is 17.6. The molecule has 0 saturated heterocycles. The SMILES string of the molecule is C[C@H](Nc1nc(N)nc2[nH]cnc12)c1cc2cccc(-c3cccnc3)c2c(=O)n1-c1ccccc1. The van der Waals surface area contributed by atoms with E-state index in [0.717, 1.165) is 27.9 Å². The number of hydrogen-bond acceptors (Lipinski definition) is 7. The fourth-order valence-electron chi connectivity index (χ4n) is 4.54. The molecule has 0 unspecified atom stereocenters. The molecule has 0 saturated carbocycles. The van der Waals surface area contributed by atoms with Gasteiger partial charge in [-0.2, -0.15) is 9.97 Å². The zero-order valence-electron chi connectivity index (χ0n) is 19.4. The molecule has 4 heterocycles. The third kappa shape index (κ3) is 3.63. The minimum Gasteiger partial charge on any atom is -0.368 e. The van der Waals surface area contributed by atoms with Gasteiger partial charge in [-0.1, -0.05) is 42.5 Å². The molecule has 36 heavy (non-hydrogen) atoms. The van der Waals surface area contributed by atoms with Gasteiger partial charge in [0.2, 0.25) is 5.95 Å². The number of nitrogen functional groups attached to an aromatic ring is 1. The summed E-state index contributed by atoms with van der Waals surface area (Å²) in [5.74, 6) is 0.615. The average Bonchev–Trinajstić information content (AvgIpc) is 3.38. The second-order valence-electron chi connectivity index (χ2n) is 8.45. The smallest absolute Gasteiger partial charge is 0.263 e. The molecule has 0 spiro atoms. The van der Waals surface area contributed by atoms with E-state index in [-0.39, 0.29) is 17.5 Å². The summed E-state index contributed by atoms with van der Waals surface area (Å²) >= 11 is 0. The van der Waals surface area contributed by atoms with Crippen molar-refractivity contribution in [1.82, 2.24) is 29.5 Å². The number of aromatic amines is 1. The van der Waals surface area contributed by atoms with Gasteiger partial charge in [0.1, 0.15) is 5.52 Å². The highest BCUT2D eigenvalue weighted by atomic mass is 16.1. The zero-order valence-corrected chi connectivity index (χ0v) is 19.4. The number of nitrogens with zero attached hydrogens (tertiary/aromatic N) is 5. The Bertz CT molecular complexity index is 1760. The van der Waals surface area contributed by atoms with E-state index in [9.17, 15) is 4.79 Å². The Morgan fingerprint density at radius 2 is 1.89 bits per heavy atom. The van der Waals surface area contributed by atoms with Gasteiger partial charge in [-0.05, 0) is 42.1 Å². The van der Waals surface area contributed by atoms with Crippen molar-refractivity contribution in [2.45, 2.75) is 13.0 Å². The third-order valence-corrected chi connectivity index (χ3v) is 6.16. The van der Waals surface area contributed by atoms with E-state index in [0.29, 0.717) is 22.4 Å². The lowest BCUT2D eigenvalue weighted by Gasteiger charge is -2.22. The summed E-state index contributed by atoms with van der Waals surface area (Å²) in [6.07, 6.45) is 5.04. The number of nitrogens with one attached hydrogen (secondary N) is 2. The predicted molar refractivity (Wildman–Crippen MR) is 141 cm³/mol. The van der Waals surface area contributed by atoms with E-state index in [1.807, 2.05) is 73.7 Å². The van der Waals surface area contributed by atoms with Crippen molar-refractivity contribution in [3.63, 3.8) is 0 Å². The second kappa shape index (κ2) is 8.62. The van der Waals surface area contributed by atoms with Crippen LogP contribution in [-0.4, -0.2) is 29.5 Å². The fourth-order valence-corrected chi connectivity index (χ4v) is 4.54. The number of para-hydroxylation sites is 1. The molecule has 4 N–H and O–H groups in total. The molecule has 0 aliphatic carbocycles. The molecule has 0 bridgehead atoms. The number of hydrogen-bond donors (Lipinski definition) is 3. The van der Waals surface area contributed by atoms with Gasteiger partial charge in [0.15, 0.2) is 11.5 Å². The van der Waals surface area contributed by atoms with Crippen molar-refractivity contribution in [1.29, 1.82) is 0 Å². The van der Waals surface area contributed by atoms with Crippen LogP contribution in [0.2, 0.25) is 0 Å². The van der Waals surface area contributed by atoms with E-state index in [1.165, 1.54) is 0 Å². The molecule has 6 aromatic rings. The molecule has 0 fully saturated rings. The highest BCUT2D eigenvalue weighted by Gasteiger charge is 2.20. The minimum atomic E-state index is -0.321. The van der Waals surface area contributed by atoms with Gasteiger partial charge in [0, 0.05) is 29.3 Å². The Morgan fingerprint density at radius 1 is 1.03 bits per heavy atom. The number of aromatic nitrogens is 6. The molecule has 0 aliphatic rings. The van der Waals surface area contributed by atoms with Crippen LogP contribution in [0.5, 0.6) is 0 Å². The molecular weight excluding hydrogens is 452 g/mol. The van der Waals surface area contributed by atoms with Gasteiger partial charge < -0.3 is 16.0 Å². The summed E-state index contributed by atoms with van der Waals surface area (Å²) in [6, 6.07) is 21.0. The summed E-state index contributed by atoms with van der Waals surface area (Å²) in [4.78, 5) is 34.3. The van der Waals surface area contributed by atoms with Crippen LogP contribution < -0.4 is 16.6 Å². The maximum Gasteiger partial charge on any atom is 0.263 e. The van der Waals surface area contributed by atoms with E-state index in [2.05, 4.69) is 30.2 Å². The van der Waals surface area contributed by atoms with Crippen molar-refractivity contribution >= 4 is 33.7 Å². The van der Waals surface area contributed by atoms with Crippen LogP contribution in [-0.2, 0) is 0 Å². The normalized spacial score (nSPS) is 12.1. The van der Waals surface area contributed by atoms with Gasteiger partial charge in [0.25, 0.3) is 5.56 Å². The number of anilines is 2. The first-order valence-electron chi connectivity index (χ1n) is 11.5. The number of nitrogens with two attached hydrogens (primary N) is 1. The summed E-state index contributed by atoms with van der Waals surface area (Å²) < 4.78 is 1.74. The Balaban J connectivity index is 1.58. The Hall–Kier alpha value is -5.05. The zero-order chi connectivity index (χ0) is 24.6. The van der Waals surface area contributed by atoms with Crippen LogP contribution in [0.1, 0.15) is 18.7 Å². The van der Waals surface area contributed by atoms with E-state index < -0.39 is 0 Å². The van der Waals surface area contributed by atoms with Gasteiger partial charge in [0.05, 0.1) is 17.8 Å².